The Morgan fingerprint density at radius 3 is 2.71 bits per heavy atom. The van der Waals surface area contributed by atoms with E-state index in [-0.39, 0.29) is 24.3 Å². The molecule has 0 aromatic heterocycles. The summed E-state index contributed by atoms with van der Waals surface area (Å²) in [5, 5.41) is 12.3. The van der Waals surface area contributed by atoms with Gasteiger partial charge in [-0.15, -0.1) is 0 Å². The molecule has 1 heterocycles. The molecule has 154 valence electrons. The van der Waals surface area contributed by atoms with E-state index in [1.807, 2.05) is 31.2 Å². The zero-order valence-corrected chi connectivity index (χ0v) is 16.8. The number of hydrogen-bond donors (Lipinski definition) is 2. The summed E-state index contributed by atoms with van der Waals surface area (Å²) in [6, 6.07) is 10.1. The number of ether oxygens (including phenoxy) is 2. The number of allylic oxidation sites excluding steroid dienone is 1. The second kappa shape index (κ2) is 10.6. The molecular weight excluding hydrogens is 354 g/mol. The van der Waals surface area contributed by atoms with Gasteiger partial charge in [0.25, 0.3) is 5.91 Å². The Kier molecular flexibility index (Phi) is 7.92. The lowest BCUT2D eigenvalue weighted by Crippen LogP contribution is -2.43. The van der Waals surface area contributed by atoms with Crippen LogP contribution in [0.5, 0.6) is 0 Å². The van der Waals surface area contributed by atoms with E-state index in [1.165, 1.54) is 24.8 Å². The van der Waals surface area contributed by atoms with Crippen LogP contribution in [-0.4, -0.2) is 37.1 Å². The summed E-state index contributed by atoms with van der Waals surface area (Å²) in [6.07, 6.45) is 7.62. The number of carbonyl (C=O) groups is 1. The molecule has 3 atom stereocenters. The van der Waals surface area contributed by atoms with Gasteiger partial charge in [0.15, 0.2) is 5.76 Å². The number of carbonyl (C=O) groups excluding carboxylic acids is 1. The predicted molar refractivity (Wildman–Crippen MR) is 108 cm³/mol. The molecule has 28 heavy (non-hydrogen) atoms. The first kappa shape index (κ1) is 20.9. The van der Waals surface area contributed by atoms with Gasteiger partial charge in [0, 0.05) is 25.7 Å². The third-order valence-corrected chi connectivity index (χ3v) is 5.92. The van der Waals surface area contributed by atoms with Gasteiger partial charge in [-0.05, 0) is 62.5 Å². The minimum Gasteiger partial charge on any atom is -0.459 e. The van der Waals surface area contributed by atoms with Crippen molar-refractivity contribution in [1.29, 1.82) is 0 Å². The third-order valence-electron chi connectivity index (χ3n) is 5.92. The molecule has 1 amide bonds. The van der Waals surface area contributed by atoms with Crippen LogP contribution in [-0.2, 0) is 20.7 Å². The Balaban J connectivity index is 1.65. The highest BCUT2D eigenvalue weighted by molar-refractivity contribution is 5.91. The molecule has 2 N–H and O–H groups in total. The maximum Gasteiger partial charge on any atom is 0.286 e. The molecule has 5 heteroatoms. The van der Waals surface area contributed by atoms with Gasteiger partial charge in [0.05, 0.1) is 0 Å². The fraction of sp³-hybridized carbons (Fsp3) is 0.609. The van der Waals surface area contributed by atoms with E-state index < -0.39 is 6.29 Å². The summed E-state index contributed by atoms with van der Waals surface area (Å²) in [6.45, 7) is 3.23. The van der Waals surface area contributed by atoms with Gasteiger partial charge >= 0.3 is 0 Å². The van der Waals surface area contributed by atoms with Crippen LogP contribution in [0.25, 0.3) is 0 Å². The standard InChI is InChI=1S/C23H33NO4/c1-2-27-23-19(12-7-15-25)20(18-10-6-11-18)16-21(28-23)22(26)24-14-13-17-8-4-3-5-9-17/h3-5,8-9,16,18-20,23,25H,2,6-7,10-15H2,1H3,(H,24,26)/t19-,20-,23-/m1/s1. The summed E-state index contributed by atoms with van der Waals surface area (Å²) in [4.78, 5) is 12.7. The molecular formula is C23H33NO4. The van der Waals surface area contributed by atoms with Crippen LogP contribution in [0, 0.1) is 17.8 Å². The number of aliphatic hydroxyl groups excluding tert-OH is 1. The van der Waals surface area contributed by atoms with Crippen LogP contribution in [0.4, 0.5) is 0 Å². The summed E-state index contributed by atoms with van der Waals surface area (Å²) in [7, 11) is 0. The van der Waals surface area contributed by atoms with Crippen molar-refractivity contribution in [1.82, 2.24) is 5.32 Å². The van der Waals surface area contributed by atoms with Crippen molar-refractivity contribution in [2.75, 3.05) is 19.8 Å². The molecule has 0 saturated heterocycles. The van der Waals surface area contributed by atoms with Gasteiger partial charge in [-0.1, -0.05) is 36.8 Å². The van der Waals surface area contributed by atoms with E-state index in [1.54, 1.807) is 0 Å². The van der Waals surface area contributed by atoms with Crippen LogP contribution in [0.1, 0.15) is 44.6 Å². The van der Waals surface area contributed by atoms with Crippen LogP contribution in [0.15, 0.2) is 42.2 Å². The lowest BCUT2D eigenvalue weighted by atomic mass is 9.68. The molecule has 0 unspecified atom stereocenters. The first-order chi connectivity index (χ1) is 13.7. The van der Waals surface area contributed by atoms with E-state index in [4.69, 9.17) is 9.47 Å². The summed E-state index contributed by atoms with van der Waals surface area (Å²) < 4.78 is 11.9. The zero-order valence-electron chi connectivity index (χ0n) is 16.8. The number of hydrogen-bond acceptors (Lipinski definition) is 4. The molecule has 1 aliphatic carbocycles. The topological polar surface area (TPSA) is 67.8 Å². The van der Waals surface area contributed by atoms with Crippen molar-refractivity contribution in [3.8, 4) is 0 Å². The molecule has 1 aromatic carbocycles. The van der Waals surface area contributed by atoms with E-state index in [0.29, 0.717) is 24.8 Å². The van der Waals surface area contributed by atoms with E-state index >= 15 is 0 Å². The summed E-state index contributed by atoms with van der Waals surface area (Å²) >= 11 is 0. The van der Waals surface area contributed by atoms with Crippen molar-refractivity contribution < 1.29 is 19.4 Å². The van der Waals surface area contributed by atoms with Crippen molar-refractivity contribution in [3.63, 3.8) is 0 Å². The molecule has 0 spiro atoms. The number of nitrogens with one attached hydrogen (secondary N) is 1. The van der Waals surface area contributed by atoms with Crippen molar-refractivity contribution >= 4 is 5.91 Å². The Bertz CT molecular complexity index is 641. The average Bonchev–Trinajstić information content (AvgIpc) is 2.67. The highest BCUT2D eigenvalue weighted by atomic mass is 16.7. The largest absolute Gasteiger partial charge is 0.459 e. The summed E-state index contributed by atoms with van der Waals surface area (Å²) in [5.74, 6) is 1.29. The van der Waals surface area contributed by atoms with E-state index in [9.17, 15) is 9.90 Å². The molecule has 1 saturated carbocycles. The maximum absolute atomic E-state index is 12.7. The highest BCUT2D eigenvalue weighted by Crippen LogP contribution is 2.44. The van der Waals surface area contributed by atoms with Crippen molar-refractivity contribution in [3.05, 3.63) is 47.7 Å². The number of rotatable bonds is 10. The van der Waals surface area contributed by atoms with Gasteiger partial charge in [0.2, 0.25) is 6.29 Å². The fourth-order valence-corrected chi connectivity index (χ4v) is 4.20. The lowest BCUT2D eigenvalue weighted by molar-refractivity contribution is -0.178. The molecule has 0 radical (unpaired) electrons. The molecule has 1 fully saturated rings. The number of benzene rings is 1. The SMILES string of the molecule is CCO[C@@H]1OC(C(=O)NCCc2ccccc2)=C[C@H](C2CCC2)[C@H]1CCCO. The molecule has 1 aromatic rings. The average molecular weight is 388 g/mol. The first-order valence-electron chi connectivity index (χ1n) is 10.7. The second-order valence-corrected chi connectivity index (χ2v) is 7.76. The predicted octanol–water partition coefficient (Wildman–Crippen LogP) is 3.43. The minimum absolute atomic E-state index is 0.162. The van der Waals surface area contributed by atoms with Crippen LogP contribution in [0.3, 0.4) is 0 Å². The minimum atomic E-state index is -0.415. The molecule has 0 bridgehead atoms. The third kappa shape index (κ3) is 5.36. The van der Waals surface area contributed by atoms with Gasteiger partial charge in [0.1, 0.15) is 0 Å². The van der Waals surface area contributed by atoms with Gasteiger partial charge in [-0.3, -0.25) is 4.79 Å². The number of amides is 1. The molecule has 1 aliphatic heterocycles. The lowest BCUT2D eigenvalue weighted by Gasteiger charge is -2.43. The molecule has 5 nitrogen and oxygen atoms in total. The highest BCUT2D eigenvalue weighted by Gasteiger charge is 2.42. The first-order valence-corrected chi connectivity index (χ1v) is 10.7. The van der Waals surface area contributed by atoms with E-state index in [0.717, 1.165) is 19.3 Å². The monoisotopic (exact) mass is 387 g/mol. The van der Waals surface area contributed by atoms with E-state index in [2.05, 4.69) is 17.4 Å². The Morgan fingerprint density at radius 2 is 2.07 bits per heavy atom. The smallest absolute Gasteiger partial charge is 0.286 e. The Hall–Kier alpha value is -1.85. The van der Waals surface area contributed by atoms with Gasteiger partial charge < -0.3 is 19.9 Å². The number of aliphatic hydroxyl groups is 1. The zero-order chi connectivity index (χ0) is 19.8. The van der Waals surface area contributed by atoms with Gasteiger partial charge in [-0.25, -0.2) is 0 Å². The Labute approximate surface area is 168 Å². The van der Waals surface area contributed by atoms with Crippen LogP contribution >= 0.6 is 0 Å². The normalized spacial score (nSPS) is 24.8. The molecule has 3 rings (SSSR count). The second-order valence-electron chi connectivity index (χ2n) is 7.76. The summed E-state index contributed by atoms with van der Waals surface area (Å²) in [5.41, 5.74) is 1.20. The van der Waals surface area contributed by atoms with Crippen LogP contribution in [0.2, 0.25) is 0 Å². The quantitative estimate of drug-likeness (QED) is 0.645. The van der Waals surface area contributed by atoms with Gasteiger partial charge in [-0.2, -0.15) is 0 Å². The fourth-order valence-electron chi connectivity index (χ4n) is 4.20. The maximum atomic E-state index is 12.7. The van der Waals surface area contributed by atoms with Crippen molar-refractivity contribution in [2.24, 2.45) is 17.8 Å². The molecule has 2 aliphatic rings. The van der Waals surface area contributed by atoms with Crippen molar-refractivity contribution in [2.45, 2.75) is 51.7 Å². The Morgan fingerprint density at radius 1 is 1.29 bits per heavy atom. The van der Waals surface area contributed by atoms with Crippen LogP contribution < -0.4 is 5.32 Å².